The number of hydrogen-bond donors (Lipinski definition) is 1. The fraction of sp³-hybridized carbons (Fsp3) is 0.217. The molecule has 8 nitrogen and oxygen atoms in total. The van der Waals surface area contributed by atoms with Crippen molar-refractivity contribution >= 4 is 5.91 Å². The summed E-state index contributed by atoms with van der Waals surface area (Å²) in [6, 6.07) is 16.7. The molecule has 31 heavy (non-hydrogen) atoms. The zero-order valence-corrected chi connectivity index (χ0v) is 17.8. The largest absolute Gasteiger partial charge is 0.497 e. The van der Waals surface area contributed by atoms with Gasteiger partial charge in [-0.15, -0.1) is 0 Å². The van der Waals surface area contributed by atoms with Gasteiger partial charge in [0.15, 0.2) is 5.69 Å². The summed E-state index contributed by atoms with van der Waals surface area (Å²) in [5.74, 6) is 1.26. The molecule has 0 fully saturated rings. The number of aromatic nitrogens is 4. The number of carbonyl (C=O) groups excluding carboxylic acids is 1. The van der Waals surface area contributed by atoms with Gasteiger partial charge in [-0.1, -0.05) is 28.9 Å². The average molecular weight is 417 g/mol. The van der Waals surface area contributed by atoms with Gasteiger partial charge in [0, 0.05) is 18.2 Å². The van der Waals surface area contributed by atoms with Crippen molar-refractivity contribution in [2.45, 2.75) is 19.9 Å². The first-order chi connectivity index (χ1) is 14.9. The average Bonchev–Trinajstić information content (AvgIpc) is 3.41. The molecule has 0 aliphatic heterocycles. The summed E-state index contributed by atoms with van der Waals surface area (Å²) in [6.07, 6.45) is 0. The van der Waals surface area contributed by atoms with Gasteiger partial charge in [-0.05, 0) is 50.2 Å². The number of nitrogens with one attached hydrogen (secondary N) is 1. The van der Waals surface area contributed by atoms with E-state index in [0.717, 1.165) is 28.1 Å². The maximum Gasteiger partial charge on any atom is 0.272 e. The number of benzene rings is 2. The molecule has 1 amide bonds. The molecule has 2 aromatic carbocycles. The Morgan fingerprint density at radius 3 is 2.61 bits per heavy atom. The minimum Gasteiger partial charge on any atom is -0.497 e. The first-order valence-corrected chi connectivity index (χ1v) is 9.84. The van der Waals surface area contributed by atoms with Gasteiger partial charge in [0.05, 0.1) is 12.8 Å². The van der Waals surface area contributed by atoms with Crippen molar-refractivity contribution in [1.29, 1.82) is 0 Å². The lowest BCUT2D eigenvalue weighted by atomic mass is 10.1. The lowest BCUT2D eigenvalue weighted by molar-refractivity contribution is 0.0926. The van der Waals surface area contributed by atoms with Gasteiger partial charge in [0.1, 0.15) is 11.8 Å². The number of ether oxygens (including phenoxy) is 1. The second-order valence-corrected chi connectivity index (χ2v) is 7.29. The van der Waals surface area contributed by atoms with Crippen LogP contribution in [0.4, 0.5) is 0 Å². The van der Waals surface area contributed by atoms with E-state index < -0.39 is 6.04 Å². The van der Waals surface area contributed by atoms with E-state index in [1.807, 2.05) is 55.5 Å². The molecule has 1 atom stereocenters. The van der Waals surface area contributed by atoms with Crippen LogP contribution < -0.4 is 10.1 Å². The molecule has 0 saturated carbocycles. The Hall–Kier alpha value is -3.94. The van der Waals surface area contributed by atoms with Crippen molar-refractivity contribution in [2.75, 3.05) is 7.11 Å². The van der Waals surface area contributed by atoms with E-state index in [1.54, 1.807) is 31.8 Å². The molecule has 1 N–H and O–H groups in total. The third-order valence-electron chi connectivity index (χ3n) is 4.93. The van der Waals surface area contributed by atoms with Crippen molar-refractivity contribution in [1.82, 2.24) is 25.2 Å². The van der Waals surface area contributed by atoms with Gasteiger partial charge in [-0.3, -0.25) is 9.48 Å². The minimum atomic E-state index is -0.468. The molecule has 0 aliphatic carbocycles. The summed E-state index contributed by atoms with van der Waals surface area (Å²) in [5.41, 5.74) is 4.02. The Bertz CT molecular complexity index is 1210. The third-order valence-corrected chi connectivity index (χ3v) is 4.93. The SMILES string of the molecule is COc1ccc(-c2cc(C(=O)N[C@H](C)c3nc(-c4cccc(C)c4)no3)nn2C)cc1. The predicted octanol–water partition coefficient (Wildman–Crippen LogP) is 3.95. The fourth-order valence-electron chi connectivity index (χ4n) is 3.25. The van der Waals surface area contributed by atoms with Crippen LogP contribution >= 0.6 is 0 Å². The number of methoxy groups -OCH3 is 1. The van der Waals surface area contributed by atoms with Crippen LogP contribution in [0.25, 0.3) is 22.6 Å². The summed E-state index contributed by atoms with van der Waals surface area (Å²) in [6.45, 7) is 3.79. The van der Waals surface area contributed by atoms with Gasteiger partial charge >= 0.3 is 0 Å². The van der Waals surface area contributed by atoms with Gasteiger partial charge in [-0.2, -0.15) is 10.1 Å². The molecule has 8 heteroatoms. The van der Waals surface area contributed by atoms with Crippen molar-refractivity contribution in [3.05, 3.63) is 71.7 Å². The molecule has 0 bridgehead atoms. The quantitative estimate of drug-likeness (QED) is 0.510. The standard InChI is InChI=1S/C23H23N5O3/c1-14-6-5-7-17(12-14)21-25-23(31-27-21)15(2)24-22(29)19-13-20(28(3)26-19)16-8-10-18(30-4)11-9-16/h5-13,15H,1-4H3,(H,24,29)/t15-/m1/s1. The summed E-state index contributed by atoms with van der Waals surface area (Å²) < 4.78 is 12.2. The van der Waals surface area contributed by atoms with Crippen LogP contribution in [0.2, 0.25) is 0 Å². The molecular formula is C23H23N5O3. The summed E-state index contributed by atoms with van der Waals surface area (Å²) in [4.78, 5) is 17.2. The maximum absolute atomic E-state index is 12.8. The highest BCUT2D eigenvalue weighted by molar-refractivity contribution is 5.93. The smallest absolute Gasteiger partial charge is 0.272 e. The van der Waals surface area contributed by atoms with Crippen molar-refractivity contribution in [3.63, 3.8) is 0 Å². The Labute approximate surface area is 179 Å². The monoisotopic (exact) mass is 417 g/mol. The third kappa shape index (κ3) is 4.32. The van der Waals surface area contributed by atoms with Crippen LogP contribution in [-0.4, -0.2) is 32.9 Å². The molecule has 0 saturated heterocycles. The van der Waals surface area contributed by atoms with Crippen LogP contribution in [0.15, 0.2) is 59.1 Å². The topological polar surface area (TPSA) is 95.1 Å². The molecule has 0 aliphatic rings. The lowest BCUT2D eigenvalue weighted by Crippen LogP contribution is -2.27. The molecule has 0 spiro atoms. The Morgan fingerprint density at radius 1 is 1.13 bits per heavy atom. The van der Waals surface area contributed by atoms with Crippen LogP contribution in [-0.2, 0) is 7.05 Å². The molecule has 4 aromatic rings. The summed E-state index contributed by atoms with van der Waals surface area (Å²) >= 11 is 0. The van der Waals surface area contributed by atoms with Gasteiger partial charge in [0.2, 0.25) is 11.7 Å². The van der Waals surface area contributed by atoms with E-state index >= 15 is 0 Å². The second kappa shape index (κ2) is 8.43. The fourth-order valence-corrected chi connectivity index (χ4v) is 3.25. The lowest BCUT2D eigenvalue weighted by Gasteiger charge is -2.07. The highest BCUT2D eigenvalue weighted by Crippen LogP contribution is 2.24. The van der Waals surface area contributed by atoms with E-state index in [-0.39, 0.29) is 5.91 Å². The van der Waals surface area contributed by atoms with Gasteiger partial charge in [-0.25, -0.2) is 0 Å². The zero-order valence-electron chi connectivity index (χ0n) is 17.8. The van der Waals surface area contributed by atoms with Gasteiger partial charge in [0.25, 0.3) is 5.91 Å². The van der Waals surface area contributed by atoms with E-state index in [2.05, 4.69) is 20.6 Å². The minimum absolute atomic E-state index is 0.304. The second-order valence-electron chi connectivity index (χ2n) is 7.29. The molecule has 2 heterocycles. The maximum atomic E-state index is 12.8. The molecule has 2 aromatic heterocycles. The number of nitrogens with zero attached hydrogens (tertiary/aromatic N) is 4. The molecule has 158 valence electrons. The molecule has 0 unspecified atom stereocenters. The highest BCUT2D eigenvalue weighted by Gasteiger charge is 2.21. The first-order valence-electron chi connectivity index (χ1n) is 9.84. The van der Waals surface area contributed by atoms with Crippen LogP contribution in [0.5, 0.6) is 5.75 Å². The summed E-state index contributed by atoms with van der Waals surface area (Å²) in [5, 5.41) is 11.2. The van der Waals surface area contributed by atoms with E-state index in [4.69, 9.17) is 9.26 Å². The van der Waals surface area contributed by atoms with E-state index in [9.17, 15) is 4.79 Å². The number of rotatable bonds is 6. The molecule has 0 radical (unpaired) electrons. The number of hydrogen-bond acceptors (Lipinski definition) is 6. The molecule has 4 rings (SSSR count). The molecular weight excluding hydrogens is 394 g/mol. The van der Waals surface area contributed by atoms with E-state index in [0.29, 0.717) is 17.4 Å². The first kappa shape index (κ1) is 20.3. The number of carbonyl (C=O) groups is 1. The zero-order chi connectivity index (χ0) is 22.0. The normalized spacial score (nSPS) is 11.9. The van der Waals surface area contributed by atoms with Crippen molar-refractivity contribution in [3.8, 4) is 28.4 Å². The van der Waals surface area contributed by atoms with Crippen molar-refractivity contribution in [2.24, 2.45) is 7.05 Å². The van der Waals surface area contributed by atoms with Gasteiger partial charge < -0.3 is 14.6 Å². The Kier molecular flexibility index (Phi) is 5.53. The van der Waals surface area contributed by atoms with E-state index in [1.165, 1.54) is 0 Å². The number of amides is 1. The van der Waals surface area contributed by atoms with Crippen LogP contribution in [0, 0.1) is 6.92 Å². The Balaban J connectivity index is 1.48. The van der Waals surface area contributed by atoms with Crippen LogP contribution in [0.1, 0.15) is 34.9 Å². The highest BCUT2D eigenvalue weighted by atomic mass is 16.5. The summed E-state index contributed by atoms with van der Waals surface area (Å²) in [7, 11) is 3.42. The van der Waals surface area contributed by atoms with Crippen LogP contribution in [0.3, 0.4) is 0 Å². The predicted molar refractivity (Wildman–Crippen MR) is 116 cm³/mol. The number of aryl methyl sites for hydroxylation is 2. The Morgan fingerprint density at radius 2 is 1.90 bits per heavy atom. The van der Waals surface area contributed by atoms with Crippen molar-refractivity contribution < 1.29 is 14.1 Å².